The normalized spacial score (nSPS) is 14.0. The van der Waals surface area contributed by atoms with E-state index >= 15 is 0 Å². The number of aromatic nitrogens is 2. The maximum Gasteiger partial charge on any atom is 0.251 e. The van der Waals surface area contributed by atoms with Crippen LogP contribution >= 0.6 is 0 Å². The highest BCUT2D eigenvalue weighted by Crippen LogP contribution is 2.11. The van der Waals surface area contributed by atoms with Crippen LogP contribution in [0.1, 0.15) is 10.4 Å². The molecular weight excluding hydrogens is 322 g/mol. The number of nitrogens with zero attached hydrogens (tertiary/aromatic N) is 3. The molecule has 130 valence electrons. The van der Waals surface area contributed by atoms with Crippen LogP contribution in [-0.4, -0.2) is 54.6 Å². The summed E-state index contributed by atoms with van der Waals surface area (Å²) in [6.45, 7) is 2.68. The maximum atomic E-state index is 11.9. The number of amides is 2. The van der Waals surface area contributed by atoms with Gasteiger partial charge in [-0.05, 0) is 12.1 Å². The quantitative estimate of drug-likeness (QED) is 0.830. The molecule has 0 bridgehead atoms. The fourth-order valence-electron chi connectivity index (χ4n) is 2.37. The van der Waals surface area contributed by atoms with E-state index in [9.17, 15) is 9.59 Å². The molecule has 2 N–H and O–H groups in total. The number of carbonyl (C=O) groups is 2. The highest BCUT2D eigenvalue weighted by atomic mass is 16.5. The number of carbonyl (C=O) groups excluding carboxylic acids is 2. The fourth-order valence-corrected chi connectivity index (χ4v) is 2.37. The first-order chi connectivity index (χ1) is 12.2. The lowest BCUT2D eigenvalue weighted by molar-refractivity contribution is -0.115. The Morgan fingerprint density at radius 1 is 1.08 bits per heavy atom. The van der Waals surface area contributed by atoms with E-state index in [1.807, 2.05) is 11.0 Å². The number of hydrogen-bond acceptors (Lipinski definition) is 6. The zero-order valence-electron chi connectivity index (χ0n) is 13.6. The van der Waals surface area contributed by atoms with Crippen molar-refractivity contribution in [3.63, 3.8) is 0 Å². The fraction of sp³-hybridized carbons (Fsp3) is 0.294. The van der Waals surface area contributed by atoms with Gasteiger partial charge in [-0.3, -0.25) is 9.59 Å². The molecule has 8 heteroatoms. The first-order valence-corrected chi connectivity index (χ1v) is 8.00. The van der Waals surface area contributed by atoms with Gasteiger partial charge in [0.25, 0.3) is 5.91 Å². The van der Waals surface area contributed by atoms with E-state index in [-0.39, 0.29) is 18.4 Å². The van der Waals surface area contributed by atoms with Gasteiger partial charge in [-0.2, -0.15) is 0 Å². The number of morpholine rings is 1. The van der Waals surface area contributed by atoms with Crippen molar-refractivity contribution in [1.29, 1.82) is 0 Å². The summed E-state index contributed by atoms with van der Waals surface area (Å²) in [4.78, 5) is 34.4. The number of nitrogens with one attached hydrogen (secondary N) is 2. The van der Waals surface area contributed by atoms with Gasteiger partial charge in [-0.15, -0.1) is 0 Å². The standard InChI is InChI=1S/C17H19N5O3/c23-15(12-18-16(24)13-4-2-1-3-5-13)21-14-10-19-17(20-11-14)22-6-8-25-9-7-22/h1-5,10-11H,6-9,12H2,(H,18,24)(H,21,23). The Balaban J connectivity index is 1.48. The zero-order valence-corrected chi connectivity index (χ0v) is 13.6. The molecule has 0 aliphatic carbocycles. The SMILES string of the molecule is O=C(CNC(=O)c1ccccc1)Nc1cnc(N2CCOCC2)nc1. The Morgan fingerprint density at radius 3 is 2.44 bits per heavy atom. The number of rotatable bonds is 5. The second-order valence-electron chi connectivity index (χ2n) is 5.47. The molecule has 2 heterocycles. The molecule has 1 saturated heterocycles. The molecule has 1 aliphatic heterocycles. The van der Waals surface area contributed by atoms with Crippen molar-refractivity contribution >= 4 is 23.5 Å². The van der Waals surface area contributed by atoms with Crippen molar-refractivity contribution in [2.75, 3.05) is 43.1 Å². The summed E-state index contributed by atoms with van der Waals surface area (Å²) in [5.41, 5.74) is 0.990. The molecule has 2 amide bonds. The first kappa shape index (κ1) is 16.8. The number of ether oxygens (including phenoxy) is 1. The molecular formula is C17H19N5O3. The van der Waals surface area contributed by atoms with E-state index in [4.69, 9.17) is 4.74 Å². The molecule has 1 aromatic carbocycles. The molecule has 8 nitrogen and oxygen atoms in total. The van der Waals surface area contributed by atoms with E-state index in [1.165, 1.54) is 0 Å². The average Bonchev–Trinajstić information content (AvgIpc) is 2.68. The van der Waals surface area contributed by atoms with Gasteiger partial charge in [0.1, 0.15) is 0 Å². The first-order valence-electron chi connectivity index (χ1n) is 8.00. The van der Waals surface area contributed by atoms with Crippen LogP contribution < -0.4 is 15.5 Å². The third kappa shape index (κ3) is 4.74. The topological polar surface area (TPSA) is 96.5 Å². The molecule has 1 aromatic heterocycles. The van der Waals surface area contributed by atoms with Crippen molar-refractivity contribution in [3.05, 3.63) is 48.3 Å². The molecule has 0 saturated carbocycles. The van der Waals surface area contributed by atoms with Gasteiger partial charge in [0.05, 0.1) is 37.8 Å². The minimum atomic E-state index is -0.341. The van der Waals surface area contributed by atoms with Crippen LogP contribution in [0.2, 0.25) is 0 Å². The van der Waals surface area contributed by atoms with E-state index in [0.717, 1.165) is 13.1 Å². The van der Waals surface area contributed by atoms with Gasteiger partial charge in [0.15, 0.2) is 0 Å². The second-order valence-corrected chi connectivity index (χ2v) is 5.47. The summed E-state index contributed by atoms with van der Waals surface area (Å²) in [7, 11) is 0. The predicted molar refractivity (Wildman–Crippen MR) is 92.5 cm³/mol. The molecule has 3 rings (SSSR count). The van der Waals surface area contributed by atoms with Gasteiger partial charge in [0.2, 0.25) is 11.9 Å². The lowest BCUT2D eigenvalue weighted by atomic mass is 10.2. The molecule has 1 fully saturated rings. The highest BCUT2D eigenvalue weighted by molar-refractivity contribution is 5.99. The molecule has 25 heavy (non-hydrogen) atoms. The van der Waals surface area contributed by atoms with Gasteiger partial charge >= 0.3 is 0 Å². The smallest absolute Gasteiger partial charge is 0.251 e. The van der Waals surface area contributed by atoms with Crippen LogP contribution in [0.25, 0.3) is 0 Å². The molecule has 0 radical (unpaired) electrons. The Kier molecular flexibility index (Phi) is 5.53. The van der Waals surface area contributed by atoms with Gasteiger partial charge in [0, 0.05) is 18.7 Å². The monoisotopic (exact) mass is 341 g/mol. The molecule has 0 spiro atoms. The third-order valence-corrected chi connectivity index (χ3v) is 3.66. The lowest BCUT2D eigenvalue weighted by Gasteiger charge is -2.26. The summed E-state index contributed by atoms with van der Waals surface area (Å²) in [5.74, 6) is -0.0275. The van der Waals surface area contributed by atoms with Crippen LogP contribution in [0.4, 0.5) is 11.6 Å². The zero-order chi connectivity index (χ0) is 17.5. The minimum Gasteiger partial charge on any atom is -0.378 e. The van der Waals surface area contributed by atoms with E-state index in [0.29, 0.717) is 30.4 Å². The van der Waals surface area contributed by atoms with Gasteiger partial charge < -0.3 is 20.3 Å². The van der Waals surface area contributed by atoms with Crippen LogP contribution in [0.3, 0.4) is 0 Å². The van der Waals surface area contributed by atoms with Crippen molar-refractivity contribution in [2.45, 2.75) is 0 Å². The molecule has 2 aromatic rings. The molecule has 0 unspecified atom stereocenters. The van der Waals surface area contributed by atoms with Gasteiger partial charge in [-0.25, -0.2) is 9.97 Å². The molecule has 0 atom stereocenters. The largest absolute Gasteiger partial charge is 0.378 e. The van der Waals surface area contributed by atoms with Gasteiger partial charge in [-0.1, -0.05) is 18.2 Å². The van der Waals surface area contributed by atoms with Crippen LogP contribution in [0.15, 0.2) is 42.7 Å². The van der Waals surface area contributed by atoms with Crippen molar-refractivity contribution in [3.8, 4) is 0 Å². The van der Waals surface area contributed by atoms with E-state index < -0.39 is 0 Å². The third-order valence-electron chi connectivity index (χ3n) is 3.66. The number of benzene rings is 1. The lowest BCUT2D eigenvalue weighted by Crippen LogP contribution is -2.37. The van der Waals surface area contributed by atoms with Crippen LogP contribution in [-0.2, 0) is 9.53 Å². The van der Waals surface area contributed by atoms with Crippen molar-refractivity contribution in [2.24, 2.45) is 0 Å². The summed E-state index contributed by atoms with van der Waals surface area (Å²) >= 11 is 0. The van der Waals surface area contributed by atoms with Crippen LogP contribution in [0, 0.1) is 0 Å². The number of anilines is 2. The average molecular weight is 341 g/mol. The summed E-state index contributed by atoms with van der Waals surface area (Å²) < 4.78 is 5.29. The highest BCUT2D eigenvalue weighted by Gasteiger charge is 2.14. The van der Waals surface area contributed by atoms with Crippen molar-refractivity contribution < 1.29 is 14.3 Å². The Hall–Kier alpha value is -3.00. The summed E-state index contributed by atoms with van der Waals surface area (Å²) in [6, 6.07) is 8.73. The number of hydrogen-bond donors (Lipinski definition) is 2. The van der Waals surface area contributed by atoms with Crippen molar-refractivity contribution in [1.82, 2.24) is 15.3 Å². The second kappa shape index (κ2) is 8.20. The Labute approximate surface area is 145 Å². The minimum absolute atomic E-state index is 0.126. The summed E-state index contributed by atoms with van der Waals surface area (Å²) in [5, 5.41) is 5.23. The van der Waals surface area contributed by atoms with Crippen LogP contribution in [0.5, 0.6) is 0 Å². The predicted octanol–water partition coefficient (Wildman–Crippen LogP) is 0.682. The molecule has 1 aliphatic rings. The van der Waals surface area contributed by atoms with E-state index in [1.54, 1.807) is 36.7 Å². The Morgan fingerprint density at radius 2 is 1.76 bits per heavy atom. The van der Waals surface area contributed by atoms with E-state index in [2.05, 4.69) is 20.6 Å². The Bertz CT molecular complexity index is 715. The summed E-state index contributed by atoms with van der Waals surface area (Å²) in [6.07, 6.45) is 3.10. The maximum absolute atomic E-state index is 11.9.